The van der Waals surface area contributed by atoms with Crippen molar-refractivity contribution in [3.63, 3.8) is 0 Å². The van der Waals surface area contributed by atoms with Crippen molar-refractivity contribution in [3.05, 3.63) is 60.2 Å². The van der Waals surface area contributed by atoms with Crippen LogP contribution in [0, 0.1) is 0 Å². The number of rotatable bonds is 7. The Bertz CT molecular complexity index is 753. The van der Waals surface area contributed by atoms with Gasteiger partial charge in [-0.3, -0.25) is 9.59 Å². The van der Waals surface area contributed by atoms with Crippen LogP contribution in [0.4, 0.5) is 0 Å². The Labute approximate surface area is 166 Å². The molecule has 0 aromatic heterocycles. The number of hydrogen-bond donors (Lipinski definition) is 4. The number of carbonyl (C=O) groups is 2. The van der Waals surface area contributed by atoms with Gasteiger partial charge in [0.2, 0.25) is 11.8 Å². The molecule has 0 bridgehead atoms. The maximum absolute atomic E-state index is 12.1. The van der Waals surface area contributed by atoms with Gasteiger partial charge in [-0.25, -0.2) is 0 Å². The predicted molar refractivity (Wildman–Crippen MR) is 112 cm³/mol. The van der Waals surface area contributed by atoms with E-state index in [1.165, 1.54) is 13.8 Å². The lowest BCUT2D eigenvalue weighted by Crippen LogP contribution is -2.57. The average molecular weight is 386 g/mol. The molecule has 0 aliphatic carbocycles. The van der Waals surface area contributed by atoms with Gasteiger partial charge in [-0.2, -0.15) is 0 Å². The van der Waals surface area contributed by atoms with Gasteiger partial charge in [0, 0.05) is 6.42 Å². The van der Waals surface area contributed by atoms with Crippen LogP contribution in [0.2, 0.25) is 0 Å². The molecular formula is C22H31N3O3. The Morgan fingerprint density at radius 1 is 1.00 bits per heavy atom. The zero-order valence-corrected chi connectivity index (χ0v) is 17.0. The normalized spacial score (nSPS) is 12.9. The highest BCUT2D eigenvalue weighted by Gasteiger charge is 2.31. The molecule has 28 heavy (non-hydrogen) atoms. The Morgan fingerprint density at radius 2 is 1.50 bits per heavy atom. The number of amides is 2. The maximum atomic E-state index is 12.1. The van der Waals surface area contributed by atoms with Crippen LogP contribution < -0.4 is 16.8 Å². The van der Waals surface area contributed by atoms with Gasteiger partial charge in [0.25, 0.3) is 0 Å². The Balaban J connectivity index is 0.00000190. The summed E-state index contributed by atoms with van der Waals surface area (Å²) >= 11 is 0. The minimum absolute atomic E-state index is 0.245. The van der Waals surface area contributed by atoms with Crippen molar-refractivity contribution in [2.45, 2.75) is 51.8 Å². The predicted octanol–water partition coefficient (Wildman–Crippen LogP) is 1.99. The van der Waals surface area contributed by atoms with Crippen LogP contribution in [0.15, 0.2) is 54.6 Å². The smallest absolute Gasteiger partial charge is 0.240 e. The summed E-state index contributed by atoms with van der Waals surface area (Å²) in [5.74, 6) is -1.28. The summed E-state index contributed by atoms with van der Waals surface area (Å²) in [6.07, 6.45) is 0.245. The highest BCUT2D eigenvalue weighted by atomic mass is 16.3. The molecule has 0 aliphatic heterocycles. The van der Waals surface area contributed by atoms with E-state index in [2.05, 4.69) is 5.32 Å². The van der Waals surface area contributed by atoms with E-state index in [0.29, 0.717) is 0 Å². The first-order valence-electron chi connectivity index (χ1n) is 9.40. The molecular weight excluding hydrogens is 354 g/mol. The largest absolute Gasteiger partial charge is 0.388 e. The third-order valence-corrected chi connectivity index (χ3v) is 4.20. The van der Waals surface area contributed by atoms with Crippen LogP contribution in [-0.2, 0) is 16.0 Å². The third kappa shape index (κ3) is 6.79. The van der Waals surface area contributed by atoms with Crippen molar-refractivity contribution in [3.8, 4) is 11.1 Å². The minimum atomic E-state index is -1.40. The number of nitrogens with one attached hydrogen (secondary N) is 1. The van der Waals surface area contributed by atoms with Crippen LogP contribution in [0.1, 0.15) is 33.3 Å². The molecule has 2 amide bonds. The van der Waals surface area contributed by atoms with E-state index in [0.717, 1.165) is 16.7 Å². The zero-order valence-electron chi connectivity index (χ0n) is 17.0. The molecule has 0 saturated heterocycles. The number of hydrogen-bond acceptors (Lipinski definition) is 4. The highest BCUT2D eigenvalue weighted by Crippen LogP contribution is 2.19. The Morgan fingerprint density at radius 3 is 1.96 bits per heavy atom. The third-order valence-electron chi connectivity index (χ3n) is 4.20. The Kier molecular flexibility index (Phi) is 8.82. The number of carbonyl (C=O) groups excluding carboxylic acids is 2. The minimum Gasteiger partial charge on any atom is -0.388 e. The Hall–Kier alpha value is -2.70. The van der Waals surface area contributed by atoms with Gasteiger partial charge in [-0.05, 0) is 30.5 Å². The number of benzene rings is 2. The second-order valence-corrected chi connectivity index (χ2v) is 6.86. The van der Waals surface area contributed by atoms with E-state index in [1.54, 1.807) is 0 Å². The summed E-state index contributed by atoms with van der Waals surface area (Å²) in [6, 6.07) is 15.5. The van der Waals surface area contributed by atoms with Crippen molar-refractivity contribution in [1.82, 2.24) is 5.32 Å². The highest BCUT2D eigenvalue weighted by molar-refractivity contribution is 5.89. The van der Waals surface area contributed by atoms with Crippen molar-refractivity contribution in [1.29, 1.82) is 0 Å². The summed E-state index contributed by atoms with van der Waals surface area (Å²) in [4.78, 5) is 23.8. The van der Waals surface area contributed by atoms with E-state index < -0.39 is 29.5 Å². The number of primary amides is 1. The van der Waals surface area contributed by atoms with Crippen LogP contribution in [0.25, 0.3) is 11.1 Å². The fourth-order valence-corrected chi connectivity index (χ4v) is 2.50. The van der Waals surface area contributed by atoms with Gasteiger partial charge < -0.3 is 21.9 Å². The van der Waals surface area contributed by atoms with Gasteiger partial charge in [-0.15, -0.1) is 0 Å². The first kappa shape index (κ1) is 23.3. The number of aliphatic hydroxyl groups is 1. The van der Waals surface area contributed by atoms with Gasteiger partial charge >= 0.3 is 0 Å². The lowest BCUT2D eigenvalue weighted by molar-refractivity contribution is -0.131. The van der Waals surface area contributed by atoms with Crippen LogP contribution in [0.5, 0.6) is 0 Å². The van der Waals surface area contributed by atoms with Crippen LogP contribution in [-0.4, -0.2) is 34.6 Å². The molecule has 0 heterocycles. The number of nitrogens with two attached hydrogens (primary N) is 2. The molecule has 2 unspecified atom stereocenters. The monoisotopic (exact) mass is 385 g/mol. The second kappa shape index (κ2) is 10.6. The zero-order chi connectivity index (χ0) is 21.3. The molecule has 152 valence electrons. The van der Waals surface area contributed by atoms with Gasteiger partial charge in [0.15, 0.2) is 0 Å². The van der Waals surface area contributed by atoms with Gasteiger partial charge in [-0.1, -0.05) is 68.4 Å². The molecule has 2 aromatic carbocycles. The maximum Gasteiger partial charge on any atom is 0.240 e. The molecule has 2 atom stereocenters. The summed E-state index contributed by atoms with van der Waals surface area (Å²) in [5.41, 5.74) is 12.7. The van der Waals surface area contributed by atoms with Crippen molar-refractivity contribution < 1.29 is 14.7 Å². The van der Waals surface area contributed by atoms with Crippen molar-refractivity contribution >= 4 is 11.8 Å². The molecule has 2 rings (SSSR count). The summed E-state index contributed by atoms with van der Waals surface area (Å²) in [6.45, 7) is 6.86. The first-order valence-corrected chi connectivity index (χ1v) is 9.40. The topological polar surface area (TPSA) is 118 Å². The van der Waals surface area contributed by atoms with E-state index in [9.17, 15) is 14.7 Å². The van der Waals surface area contributed by atoms with Crippen molar-refractivity contribution in [2.24, 2.45) is 11.5 Å². The molecule has 0 spiro atoms. The lowest BCUT2D eigenvalue weighted by Gasteiger charge is -2.26. The standard InChI is InChI=1S/C20H25N3O3.C2H6/c1-20(2,26)17(21)19(25)23-16(18(22)24)12-13-8-10-15(11-9-13)14-6-4-3-5-7-14;1-2/h3-11,16-17,26H,12,21H2,1-2H3,(H2,22,24)(H,23,25);1-2H3. The summed E-state index contributed by atoms with van der Waals surface area (Å²) in [7, 11) is 0. The fraction of sp³-hybridized carbons (Fsp3) is 0.364. The van der Waals surface area contributed by atoms with Gasteiger partial charge in [0.1, 0.15) is 12.1 Å². The molecule has 0 radical (unpaired) electrons. The fourth-order valence-electron chi connectivity index (χ4n) is 2.50. The summed E-state index contributed by atoms with van der Waals surface area (Å²) in [5, 5.41) is 12.4. The van der Waals surface area contributed by atoms with E-state index in [4.69, 9.17) is 11.5 Å². The average Bonchev–Trinajstić information content (AvgIpc) is 2.68. The first-order chi connectivity index (χ1) is 13.2. The molecule has 2 aromatic rings. The second-order valence-electron chi connectivity index (χ2n) is 6.86. The van der Waals surface area contributed by atoms with Crippen molar-refractivity contribution in [2.75, 3.05) is 0 Å². The molecule has 0 aliphatic rings. The lowest BCUT2D eigenvalue weighted by atomic mass is 9.97. The molecule has 0 saturated carbocycles. The molecule has 6 nitrogen and oxygen atoms in total. The van der Waals surface area contributed by atoms with Crippen LogP contribution >= 0.6 is 0 Å². The molecule has 6 N–H and O–H groups in total. The summed E-state index contributed by atoms with van der Waals surface area (Å²) < 4.78 is 0. The molecule has 0 fully saturated rings. The van der Waals surface area contributed by atoms with E-state index in [1.807, 2.05) is 68.4 Å². The van der Waals surface area contributed by atoms with Gasteiger partial charge in [0.05, 0.1) is 5.60 Å². The molecule has 6 heteroatoms. The quantitative estimate of drug-likeness (QED) is 0.583. The van der Waals surface area contributed by atoms with Crippen LogP contribution in [0.3, 0.4) is 0 Å². The van der Waals surface area contributed by atoms with E-state index >= 15 is 0 Å². The SMILES string of the molecule is CC.CC(C)(O)C(N)C(=O)NC(Cc1ccc(-c2ccccc2)cc1)C(N)=O. The van der Waals surface area contributed by atoms with E-state index in [-0.39, 0.29) is 6.42 Å².